The van der Waals surface area contributed by atoms with Crippen LogP contribution >= 0.6 is 0 Å². The average Bonchev–Trinajstić information content (AvgIpc) is 2.78. The van der Waals surface area contributed by atoms with Crippen LogP contribution in [-0.2, 0) is 17.1 Å². The van der Waals surface area contributed by atoms with Gasteiger partial charge in [-0.15, -0.1) is 10.2 Å². The van der Waals surface area contributed by atoms with Gasteiger partial charge < -0.3 is 11.1 Å². The molecule has 6 nitrogen and oxygen atoms in total. The van der Waals surface area contributed by atoms with E-state index in [2.05, 4.69) is 15.5 Å². The summed E-state index contributed by atoms with van der Waals surface area (Å²) in [6, 6.07) is -1.13. The highest BCUT2D eigenvalue weighted by atomic mass is 19.4. The topological polar surface area (TPSA) is 85.3 Å². The molecule has 0 aliphatic rings. The van der Waals surface area contributed by atoms with E-state index in [0.29, 0.717) is 10.6 Å². The third kappa shape index (κ3) is 3.29. The standard InChI is InChI=1S/C11H9F6N5O/c1-4(7(18)23)19-9-21-20-8-6(11(15,16)17)2-5(3-22(8)9)10(12,13)14/h2-4H,1H3,(H2,18,23)(H,19,21). The number of nitrogens with two attached hydrogens (primary N) is 1. The highest BCUT2D eigenvalue weighted by Gasteiger charge is 2.39. The highest BCUT2D eigenvalue weighted by molar-refractivity contribution is 5.82. The Morgan fingerprint density at radius 1 is 1.22 bits per heavy atom. The Labute approximate surface area is 124 Å². The monoisotopic (exact) mass is 341 g/mol. The van der Waals surface area contributed by atoms with Crippen LogP contribution in [0.4, 0.5) is 32.3 Å². The van der Waals surface area contributed by atoms with E-state index in [1.54, 1.807) is 0 Å². The Kier molecular flexibility index (Phi) is 3.86. The maximum Gasteiger partial charge on any atom is 0.420 e. The number of nitrogens with one attached hydrogen (secondary N) is 1. The van der Waals surface area contributed by atoms with Gasteiger partial charge in [-0.3, -0.25) is 9.20 Å². The smallest absolute Gasteiger partial charge is 0.368 e. The lowest BCUT2D eigenvalue weighted by Gasteiger charge is -2.14. The van der Waals surface area contributed by atoms with Gasteiger partial charge in [-0.05, 0) is 13.0 Å². The minimum absolute atomic E-state index is 0.0503. The molecule has 12 heteroatoms. The number of nitrogens with zero attached hydrogens (tertiary/aromatic N) is 3. The number of fused-ring (bicyclic) bond motifs is 1. The summed E-state index contributed by atoms with van der Waals surface area (Å²) in [6.07, 6.45) is -9.67. The quantitative estimate of drug-likeness (QED) is 0.837. The van der Waals surface area contributed by atoms with E-state index >= 15 is 0 Å². The molecule has 2 rings (SSSR count). The van der Waals surface area contributed by atoms with Crippen molar-refractivity contribution in [1.29, 1.82) is 0 Å². The minimum Gasteiger partial charge on any atom is -0.368 e. The number of primary amides is 1. The zero-order chi connectivity index (χ0) is 17.6. The molecule has 0 radical (unpaired) electrons. The molecule has 126 valence electrons. The van der Waals surface area contributed by atoms with Crippen LogP contribution in [0.15, 0.2) is 12.3 Å². The van der Waals surface area contributed by atoms with Gasteiger partial charge in [0.05, 0.1) is 5.56 Å². The highest BCUT2D eigenvalue weighted by Crippen LogP contribution is 2.37. The van der Waals surface area contributed by atoms with Crippen LogP contribution in [0.1, 0.15) is 18.1 Å². The lowest BCUT2D eigenvalue weighted by Crippen LogP contribution is -2.33. The van der Waals surface area contributed by atoms with Gasteiger partial charge in [-0.1, -0.05) is 0 Å². The number of amides is 1. The number of carbonyl (C=O) groups is 1. The number of hydrogen-bond acceptors (Lipinski definition) is 4. The van der Waals surface area contributed by atoms with Crippen LogP contribution in [-0.4, -0.2) is 26.5 Å². The number of halogens is 6. The maximum atomic E-state index is 12.9. The number of alkyl halides is 6. The summed E-state index contributed by atoms with van der Waals surface area (Å²) < 4.78 is 77.7. The van der Waals surface area contributed by atoms with Crippen LogP contribution < -0.4 is 11.1 Å². The van der Waals surface area contributed by atoms with Gasteiger partial charge in [0, 0.05) is 6.20 Å². The second-order valence-corrected chi connectivity index (χ2v) is 4.62. The molecule has 3 N–H and O–H groups in total. The molecule has 1 amide bonds. The maximum absolute atomic E-state index is 12.9. The van der Waals surface area contributed by atoms with Crippen LogP contribution in [0.2, 0.25) is 0 Å². The summed E-state index contributed by atoms with van der Waals surface area (Å²) in [5, 5.41) is 8.88. The number of anilines is 1. The second-order valence-electron chi connectivity index (χ2n) is 4.62. The fourth-order valence-electron chi connectivity index (χ4n) is 1.72. The Morgan fingerprint density at radius 3 is 2.30 bits per heavy atom. The van der Waals surface area contributed by atoms with E-state index in [1.807, 2.05) is 0 Å². The normalized spacial score (nSPS) is 14.0. The molecule has 2 aromatic rings. The summed E-state index contributed by atoms with van der Waals surface area (Å²) in [4.78, 5) is 11.0. The van der Waals surface area contributed by atoms with Gasteiger partial charge in [0.1, 0.15) is 11.6 Å². The van der Waals surface area contributed by atoms with E-state index in [0.717, 1.165) is 0 Å². The minimum atomic E-state index is -5.07. The Morgan fingerprint density at radius 2 is 1.83 bits per heavy atom. The van der Waals surface area contributed by atoms with Gasteiger partial charge in [-0.25, -0.2) is 0 Å². The summed E-state index contributed by atoms with van der Waals surface area (Å²) in [7, 11) is 0. The van der Waals surface area contributed by atoms with E-state index in [1.165, 1.54) is 6.92 Å². The van der Waals surface area contributed by atoms with E-state index < -0.39 is 47.0 Å². The second kappa shape index (κ2) is 5.28. The van der Waals surface area contributed by atoms with Crippen molar-refractivity contribution >= 4 is 17.5 Å². The molecule has 2 aromatic heterocycles. The summed E-state index contributed by atoms with van der Waals surface area (Å²) in [5.74, 6) is -1.34. The van der Waals surface area contributed by atoms with Gasteiger partial charge in [0.15, 0.2) is 5.65 Å². The van der Waals surface area contributed by atoms with Crippen molar-refractivity contribution in [1.82, 2.24) is 14.6 Å². The molecule has 0 saturated carbocycles. The van der Waals surface area contributed by atoms with Gasteiger partial charge in [0.25, 0.3) is 0 Å². The number of aromatic nitrogens is 3. The Bertz CT molecular complexity index is 750. The molecule has 0 aromatic carbocycles. The van der Waals surface area contributed by atoms with Crippen molar-refractivity contribution in [2.24, 2.45) is 5.73 Å². The first-order valence-corrected chi connectivity index (χ1v) is 6.00. The molecule has 1 atom stereocenters. The molecule has 2 heterocycles. The van der Waals surface area contributed by atoms with Crippen LogP contribution in [0.5, 0.6) is 0 Å². The first-order chi connectivity index (χ1) is 10.4. The molecule has 0 spiro atoms. The number of pyridine rings is 1. The molecule has 0 bridgehead atoms. The lowest BCUT2D eigenvalue weighted by atomic mass is 10.2. The molecule has 0 fully saturated rings. The summed E-state index contributed by atoms with van der Waals surface area (Å²) >= 11 is 0. The molecule has 0 saturated heterocycles. The summed E-state index contributed by atoms with van der Waals surface area (Å²) in [5.41, 5.74) is 1.01. The average molecular weight is 341 g/mol. The predicted molar refractivity (Wildman–Crippen MR) is 65.3 cm³/mol. The van der Waals surface area contributed by atoms with Crippen molar-refractivity contribution in [3.05, 3.63) is 23.4 Å². The largest absolute Gasteiger partial charge is 0.420 e. The van der Waals surface area contributed by atoms with Crippen molar-refractivity contribution in [2.45, 2.75) is 25.3 Å². The Balaban J connectivity index is 2.68. The third-order valence-electron chi connectivity index (χ3n) is 2.91. The van der Waals surface area contributed by atoms with Crippen molar-refractivity contribution < 1.29 is 31.1 Å². The van der Waals surface area contributed by atoms with E-state index in [9.17, 15) is 31.1 Å². The van der Waals surface area contributed by atoms with Crippen molar-refractivity contribution in [2.75, 3.05) is 5.32 Å². The lowest BCUT2D eigenvalue weighted by molar-refractivity contribution is -0.142. The number of rotatable bonds is 3. The Hall–Kier alpha value is -2.53. The van der Waals surface area contributed by atoms with Gasteiger partial charge in [-0.2, -0.15) is 26.3 Å². The summed E-state index contributed by atoms with van der Waals surface area (Å²) in [6.45, 7) is 1.27. The molecular formula is C11H9F6N5O. The fourth-order valence-corrected chi connectivity index (χ4v) is 1.72. The van der Waals surface area contributed by atoms with Crippen molar-refractivity contribution in [3.8, 4) is 0 Å². The van der Waals surface area contributed by atoms with E-state index in [4.69, 9.17) is 5.73 Å². The molecule has 23 heavy (non-hydrogen) atoms. The first kappa shape index (κ1) is 16.8. The molecular weight excluding hydrogens is 332 g/mol. The fraction of sp³-hybridized carbons (Fsp3) is 0.364. The van der Waals surface area contributed by atoms with Crippen LogP contribution in [0.3, 0.4) is 0 Å². The zero-order valence-electron chi connectivity index (χ0n) is 11.3. The third-order valence-corrected chi connectivity index (χ3v) is 2.91. The predicted octanol–water partition coefficient (Wildman–Crippen LogP) is 2.05. The number of carbonyl (C=O) groups excluding carboxylic acids is 1. The van der Waals surface area contributed by atoms with Crippen molar-refractivity contribution in [3.63, 3.8) is 0 Å². The molecule has 0 aliphatic carbocycles. The SMILES string of the molecule is CC(Nc1nnc2c(C(F)(F)F)cc(C(F)(F)F)cn12)C(N)=O. The van der Waals surface area contributed by atoms with Crippen LogP contribution in [0.25, 0.3) is 5.65 Å². The van der Waals surface area contributed by atoms with E-state index in [-0.39, 0.29) is 6.07 Å². The van der Waals surface area contributed by atoms with Gasteiger partial charge >= 0.3 is 12.4 Å². The number of hydrogen-bond donors (Lipinski definition) is 2. The first-order valence-electron chi connectivity index (χ1n) is 6.00. The molecule has 0 aliphatic heterocycles. The van der Waals surface area contributed by atoms with Crippen LogP contribution in [0, 0.1) is 0 Å². The molecule has 1 unspecified atom stereocenters. The zero-order valence-corrected chi connectivity index (χ0v) is 11.3. The van der Waals surface area contributed by atoms with Gasteiger partial charge in [0.2, 0.25) is 11.9 Å².